The van der Waals surface area contributed by atoms with Crippen LogP contribution in [0.1, 0.15) is 10.5 Å². The first kappa shape index (κ1) is 7.95. The average molecular weight is 149 g/mol. The molecule has 0 spiro atoms. The van der Waals surface area contributed by atoms with Gasteiger partial charge in [-0.05, 0) is 11.5 Å². The van der Waals surface area contributed by atoms with Crippen LogP contribution in [0.4, 0.5) is 0 Å². The zero-order chi connectivity index (χ0) is 8.27. The number of aldehydes is 1. The second kappa shape index (κ2) is 3.30. The van der Waals surface area contributed by atoms with Crippen molar-refractivity contribution < 1.29 is 9.82 Å². The maximum Gasteiger partial charge on any atom is 0.321 e. The molecular formula is C7H8BNO2. The smallest absolute Gasteiger partial charge is 0.321 e. The third kappa shape index (κ3) is 1.88. The second-order valence-electron chi connectivity index (χ2n) is 2.31. The highest BCUT2D eigenvalue weighted by molar-refractivity contribution is 6.64. The van der Waals surface area contributed by atoms with E-state index in [0.29, 0.717) is 12.0 Å². The van der Waals surface area contributed by atoms with Gasteiger partial charge in [-0.3, -0.25) is 9.78 Å². The lowest BCUT2D eigenvalue weighted by Crippen LogP contribution is -2.26. The summed E-state index contributed by atoms with van der Waals surface area (Å²) in [6.45, 7) is 1.13. The maximum atomic E-state index is 10.2. The first-order chi connectivity index (χ1) is 5.24. The van der Waals surface area contributed by atoms with Gasteiger partial charge < -0.3 is 5.02 Å². The number of carbonyl (C=O) groups is 1. The van der Waals surface area contributed by atoms with Crippen molar-refractivity contribution in [3.05, 3.63) is 24.0 Å². The largest absolute Gasteiger partial charge is 0.446 e. The monoisotopic (exact) mass is 149 g/mol. The van der Waals surface area contributed by atoms with Gasteiger partial charge in [-0.1, -0.05) is 12.9 Å². The third-order valence-electron chi connectivity index (χ3n) is 1.41. The number of aromatic nitrogens is 1. The summed E-state index contributed by atoms with van der Waals surface area (Å²) in [4.78, 5) is 14.0. The fourth-order valence-corrected chi connectivity index (χ4v) is 0.734. The minimum atomic E-state index is -0.525. The Morgan fingerprint density at radius 1 is 1.64 bits per heavy atom. The number of rotatable bonds is 2. The maximum absolute atomic E-state index is 10.2. The van der Waals surface area contributed by atoms with Gasteiger partial charge in [0.15, 0.2) is 6.29 Å². The van der Waals surface area contributed by atoms with E-state index in [1.807, 2.05) is 0 Å². The van der Waals surface area contributed by atoms with Crippen LogP contribution in [0.2, 0.25) is 6.82 Å². The summed E-state index contributed by atoms with van der Waals surface area (Å²) in [5, 5.41) is 9.06. The summed E-state index contributed by atoms with van der Waals surface area (Å²) in [5.41, 5.74) is 1.10. The lowest BCUT2D eigenvalue weighted by molar-refractivity contribution is 0.111. The standard InChI is InChI=1S/C7H8BNO2/c1-8(11)6-2-3-7(5-10)9-4-6/h2-5,11H,1H3. The minimum Gasteiger partial charge on any atom is -0.446 e. The number of pyridine rings is 1. The molecule has 1 aromatic rings. The van der Waals surface area contributed by atoms with Crippen LogP contribution in [0.15, 0.2) is 18.3 Å². The summed E-state index contributed by atoms with van der Waals surface area (Å²) < 4.78 is 0. The Bertz CT molecular complexity index is 245. The molecule has 0 saturated heterocycles. The van der Waals surface area contributed by atoms with Crippen molar-refractivity contribution in [3.8, 4) is 0 Å². The Morgan fingerprint density at radius 3 is 2.73 bits per heavy atom. The predicted molar refractivity (Wildman–Crippen MR) is 43.1 cm³/mol. The first-order valence-electron chi connectivity index (χ1n) is 3.33. The molecule has 1 rings (SSSR count). The van der Waals surface area contributed by atoms with Crippen LogP contribution >= 0.6 is 0 Å². The Labute approximate surface area is 65.2 Å². The van der Waals surface area contributed by atoms with Crippen LogP contribution < -0.4 is 5.46 Å². The lowest BCUT2D eigenvalue weighted by Gasteiger charge is -1.98. The van der Waals surface area contributed by atoms with E-state index in [9.17, 15) is 4.79 Å². The van der Waals surface area contributed by atoms with Gasteiger partial charge in [-0.25, -0.2) is 0 Å². The Kier molecular flexibility index (Phi) is 2.38. The van der Waals surface area contributed by atoms with E-state index < -0.39 is 6.92 Å². The quantitative estimate of drug-likeness (QED) is 0.464. The van der Waals surface area contributed by atoms with Gasteiger partial charge in [0.05, 0.1) is 0 Å². The Balaban J connectivity index is 2.91. The molecule has 0 bridgehead atoms. The predicted octanol–water partition coefficient (Wildman–Crippen LogP) is -0.285. The van der Waals surface area contributed by atoms with Crippen molar-refractivity contribution in [1.82, 2.24) is 4.98 Å². The van der Waals surface area contributed by atoms with Crippen molar-refractivity contribution in [3.63, 3.8) is 0 Å². The highest BCUT2D eigenvalue weighted by Gasteiger charge is 2.05. The molecular weight excluding hydrogens is 141 g/mol. The third-order valence-corrected chi connectivity index (χ3v) is 1.41. The van der Waals surface area contributed by atoms with Crippen molar-refractivity contribution in [2.24, 2.45) is 0 Å². The van der Waals surface area contributed by atoms with Crippen LogP contribution in [0, 0.1) is 0 Å². The van der Waals surface area contributed by atoms with Crippen LogP contribution in [0.3, 0.4) is 0 Å². The normalized spacial score (nSPS) is 9.27. The summed E-state index contributed by atoms with van der Waals surface area (Å²) in [7, 11) is 0. The van der Waals surface area contributed by atoms with Crippen LogP contribution in [0.25, 0.3) is 0 Å². The summed E-state index contributed by atoms with van der Waals surface area (Å²) in [6, 6.07) is 3.26. The Hall–Kier alpha value is -1.16. The van der Waals surface area contributed by atoms with Gasteiger partial charge in [0.25, 0.3) is 0 Å². The molecule has 0 radical (unpaired) electrons. The zero-order valence-electron chi connectivity index (χ0n) is 6.19. The number of hydrogen-bond donors (Lipinski definition) is 1. The summed E-state index contributed by atoms with van der Waals surface area (Å²) in [6.07, 6.45) is 2.17. The number of carbonyl (C=O) groups excluding carboxylic acids is 1. The van der Waals surface area contributed by atoms with E-state index in [4.69, 9.17) is 5.02 Å². The molecule has 0 aliphatic carbocycles. The van der Waals surface area contributed by atoms with Crippen LogP contribution in [-0.2, 0) is 0 Å². The van der Waals surface area contributed by atoms with Gasteiger partial charge in [0, 0.05) is 6.20 Å². The highest BCUT2D eigenvalue weighted by Crippen LogP contribution is 1.87. The first-order valence-corrected chi connectivity index (χ1v) is 3.33. The molecule has 0 aliphatic heterocycles. The average Bonchev–Trinajstić information content (AvgIpc) is 2.05. The van der Waals surface area contributed by atoms with Crippen LogP contribution in [-0.4, -0.2) is 23.2 Å². The van der Waals surface area contributed by atoms with Crippen LogP contribution in [0.5, 0.6) is 0 Å². The van der Waals surface area contributed by atoms with E-state index in [0.717, 1.165) is 5.46 Å². The summed E-state index contributed by atoms with van der Waals surface area (Å²) in [5.74, 6) is 0. The molecule has 56 valence electrons. The van der Waals surface area contributed by atoms with Gasteiger partial charge in [0.2, 0.25) is 0 Å². The van der Waals surface area contributed by atoms with Crippen molar-refractivity contribution in [2.45, 2.75) is 6.82 Å². The van der Waals surface area contributed by atoms with Gasteiger partial charge in [-0.15, -0.1) is 0 Å². The van der Waals surface area contributed by atoms with Gasteiger partial charge >= 0.3 is 6.92 Å². The molecule has 0 aliphatic rings. The lowest BCUT2D eigenvalue weighted by atomic mass is 9.65. The SMILES string of the molecule is CB(O)c1ccc(C=O)nc1. The topological polar surface area (TPSA) is 50.2 Å². The molecule has 0 fully saturated rings. The Morgan fingerprint density at radius 2 is 2.36 bits per heavy atom. The number of nitrogens with zero attached hydrogens (tertiary/aromatic N) is 1. The molecule has 11 heavy (non-hydrogen) atoms. The van der Waals surface area contributed by atoms with E-state index >= 15 is 0 Å². The second-order valence-corrected chi connectivity index (χ2v) is 2.31. The molecule has 0 atom stereocenters. The van der Waals surface area contributed by atoms with Crippen molar-refractivity contribution in [2.75, 3.05) is 0 Å². The number of hydrogen-bond acceptors (Lipinski definition) is 3. The van der Waals surface area contributed by atoms with E-state index in [2.05, 4.69) is 4.98 Å². The molecule has 1 N–H and O–H groups in total. The van der Waals surface area contributed by atoms with Gasteiger partial charge in [0.1, 0.15) is 5.69 Å². The minimum absolute atomic E-state index is 0.384. The van der Waals surface area contributed by atoms with Crippen molar-refractivity contribution in [1.29, 1.82) is 0 Å². The molecule has 3 nitrogen and oxygen atoms in total. The fraction of sp³-hybridized carbons (Fsp3) is 0.143. The van der Waals surface area contributed by atoms with Crippen molar-refractivity contribution >= 4 is 18.7 Å². The molecule has 4 heteroatoms. The molecule has 0 aromatic carbocycles. The molecule has 1 aromatic heterocycles. The summed E-state index contributed by atoms with van der Waals surface area (Å²) >= 11 is 0. The van der Waals surface area contributed by atoms with E-state index in [1.54, 1.807) is 19.0 Å². The zero-order valence-corrected chi connectivity index (χ0v) is 6.19. The molecule has 0 unspecified atom stereocenters. The fourth-order valence-electron chi connectivity index (χ4n) is 0.734. The molecule has 0 saturated carbocycles. The molecule has 1 heterocycles. The van der Waals surface area contributed by atoms with Gasteiger partial charge in [-0.2, -0.15) is 0 Å². The van der Waals surface area contributed by atoms with E-state index in [-0.39, 0.29) is 0 Å². The highest BCUT2D eigenvalue weighted by atomic mass is 16.2. The molecule has 0 amide bonds. The van der Waals surface area contributed by atoms with E-state index in [1.165, 1.54) is 6.20 Å².